The summed E-state index contributed by atoms with van der Waals surface area (Å²) in [5.41, 5.74) is 0.707. The molecule has 1 aliphatic rings. The predicted octanol–water partition coefficient (Wildman–Crippen LogP) is 1.50. The molecule has 2 heteroatoms. The normalized spacial score (nSPS) is 24.6. The fraction of sp³-hybridized carbons (Fsp3) is 0.556. The Hall–Kier alpha value is -0.920. The Morgan fingerprint density at radius 1 is 1.73 bits per heavy atom. The number of hydrogen-bond donors (Lipinski definition) is 0. The van der Waals surface area contributed by atoms with Crippen LogP contribution in [0.5, 0.6) is 0 Å². The number of allylic oxidation sites excluding steroid dienone is 2. The van der Waals surface area contributed by atoms with Crippen LogP contribution in [0.1, 0.15) is 26.2 Å². The maximum atomic E-state index is 11.3. The van der Waals surface area contributed by atoms with Crippen molar-refractivity contribution >= 4 is 12.1 Å². The van der Waals surface area contributed by atoms with Gasteiger partial charge in [0.15, 0.2) is 5.78 Å². The molecule has 0 aromatic heterocycles. The lowest BCUT2D eigenvalue weighted by Crippen LogP contribution is -2.17. The fourth-order valence-corrected chi connectivity index (χ4v) is 1.33. The van der Waals surface area contributed by atoms with E-state index in [4.69, 9.17) is 0 Å². The summed E-state index contributed by atoms with van der Waals surface area (Å²) < 4.78 is 0. The van der Waals surface area contributed by atoms with E-state index >= 15 is 0 Å². The Balaban J connectivity index is 2.69. The first-order valence-corrected chi connectivity index (χ1v) is 3.92. The van der Waals surface area contributed by atoms with Gasteiger partial charge in [-0.15, -0.1) is 0 Å². The lowest BCUT2D eigenvalue weighted by molar-refractivity contribution is -0.120. The maximum absolute atomic E-state index is 11.3. The van der Waals surface area contributed by atoms with Crippen molar-refractivity contribution in [1.29, 1.82) is 0 Å². The topological polar surface area (TPSA) is 34.1 Å². The Morgan fingerprint density at radius 3 is 3.09 bits per heavy atom. The van der Waals surface area contributed by atoms with Gasteiger partial charge in [0.05, 0.1) is 0 Å². The number of aldehydes is 1. The molecule has 0 saturated heterocycles. The van der Waals surface area contributed by atoms with Crippen LogP contribution in [0, 0.1) is 5.92 Å². The Kier molecular flexibility index (Phi) is 2.58. The maximum Gasteiger partial charge on any atom is 0.161 e. The van der Waals surface area contributed by atoms with Crippen LogP contribution in [0.25, 0.3) is 0 Å². The van der Waals surface area contributed by atoms with Crippen molar-refractivity contribution in [3.05, 3.63) is 11.6 Å². The van der Waals surface area contributed by atoms with E-state index in [1.165, 1.54) is 0 Å². The molecule has 0 N–H and O–H groups in total. The standard InChI is InChI=1S/C9H12O2/c1-7-3-2-4-8(5-6-10)9(7)11/h4,6-7H,2-3,5H2,1H3. The van der Waals surface area contributed by atoms with E-state index in [0.717, 1.165) is 19.1 Å². The van der Waals surface area contributed by atoms with E-state index in [9.17, 15) is 9.59 Å². The second kappa shape index (κ2) is 3.46. The minimum Gasteiger partial charge on any atom is -0.303 e. The van der Waals surface area contributed by atoms with Gasteiger partial charge in [-0.25, -0.2) is 0 Å². The van der Waals surface area contributed by atoms with Crippen LogP contribution >= 0.6 is 0 Å². The lowest BCUT2D eigenvalue weighted by Gasteiger charge is -2.15. The summed E-state index contributed by atoms with van der Waals surface area (Å²) in [7, 11) is 0. The van der Waals surface area contributed by atoms with E-state index < -0.39 is 0 Å². The average Bonchev–Trinajstić information content (AvgIpc) is 1.99. The van der Waals surface area contributed by atoms with Gasteiger partial charge in [0.1, 0.15) is 6.29 Å². The van der Waals surface area contributed by atoms with Gasteiger partial charge in [-0.1, -0.05) is 13.0 Å². The molecule has 1 atom stereocenters. The number of ketones is 1. The van der Waals surface area contributed by atoms with Crippen molar-refractivity contribution in [2.45, 2.75) is 26.2 Å². The van der Waals surface area contributed by atoms with Crippen molar-refractivity contribution in [2.24, 2.45) is 5.92 Å². The van der Waals surface area contributed by atoms with Crippen molar-refractivity contribution < 1.29 is 9.59 Å². The summed E-state index contributed by atoms with van der Waals surface area (Å²) in [6, 6.07) is 0. The van der Waals surface area contributed by atoms with Gasteiger partial charge in [0.2, 0.25) is 0 Å². The van der Waals surface area contributed by atoms with Crippen molar-refractivity contribution in [3.63, 3.8) is 0 Å². The van der Waals surface area contributed by atoms with E-state index in [1.54, 1.807) is 0 Å². The summed E-state index contributed by atoms with van der Waals surface area (Å²) in [5, 5.41) is 0. The molecule has 0 radical (unpaired) electrons. The van der Waals surface area contributed by atoms with E-state index in [2.05, 4.69) is 0 Å². The van der Waals surface area contributed by atoms with Gasteiger partial charge >= 0.3 is 0 Å². The van der Waals surface area contributed by atoms with E-state index in [1.807, 2.05) is 13.0 Å². The smallest absolute Gasteiger partial charge is 0.161 e. The number of carbonyl (C=O) groups is 2. The zero-order valence-electron chi connectivity index (χ0n) is 6.67. The first-order valence-electron chi connectivity index (χ1n) is 3.92. The molecule has 11 heavy (non-hydrogen) atoms. The summed E-state index contributed by atoms with van der Waals surface area (Å²) >= 11 is 0. The molecular formula is C9H12O2. The van der Waals surface area contributed by atoms with Gasteiger partial charge < -0.3 is 4.79 Å². The zero-order chi connectivity index (χ0) is 8.27. The van der Waals surface area contributed by atoms with Crippen molar-refractivity contribution in [1.82, 2.24) is 0 Å². The van der Waals surface area contributed by atoms with Crippen LogP contribution in [0.3, 0.4) is 0 Å². The van der Waals surface area contributed by atoms with Crippen molar-refractivity contribution in [3.8, 4) is 0 Å². The summed E-state index contributed by atoms with van der Waals surface area (Å²) in [6.45, 7) is 1.92. The predicted molar refractivity (Wildman–Crippen MR) is 42.2 cm³/mol. The minimum atomic E-state index is 0.120. The van der Waals surface area contributed by atoms with Gasteiger partial charge in [-0.3, -0.25) is 4.79 Å². The van der Waals surface area contributed by atoms with Gasteiger partial charge in [0.25, 0.3) is 0 Å². The number of Topliss-reactive ketones (excluding diaryl/α,β-unsaturated/α-hetero) is 1. The quantitative estimate of drug-likeness (QED) is 0.562. The highest BCUT2D eigenvalue weighted by Crippen LogP contribution is 2.21. The molecular weight excluding hydrogens is 140 g/mol. The van der Waals surface area contributed by atoms with Crippen LogP contribution in [0.2, 0.25) is 0 Å². The molecule has 2 nitrogen and oxygen atoms in total. The number of rotatable bonds is 2. The minimum absolute atomic E-state index is 0.120. The second-order valence-electron chi connectivity index (χ2n) is 2.94. The molecule has 60 valence electrons. The molecule has 0 saturated carbocycles. The first kappa shape index (κ1) is 8.18. The van der Waals surface area contributed by atoms with E-state index in [0.29, 0.717) is 12.0 Å². The Morgan fingerprint density at radius 2 is 2.45 bits per heavy atom. The highest BCUT2D eigenvalue weighted by molar-refractivity contribution is 5.99. The van der Waals surface area contributed by atoms with E-state index in [-0.39, 0.29) is 11.7 Å². The molecule has 0 aromatic rings. The molecule has 0 fully saturated rings. The molecule has 0 heterocycles. The average molecular weight is 152 g/mol. The van der Waals surface area contributed by atoms with Crippen LogP contribution in [0.4, 0.5) is 0 Å². The summed E-state index contributed by atoms with van der Waals surface area (Å²) in [5.74, 6) is 0.276. The molecule has 1 unspecified atom stereocenters. The molecule has 0 bridgehead atoms. The molecule has 0 aromatic carbocycles. The zero-order valence-corrected chi connectivity index (χ0v) is 6.67. The van der Waals surface area contributed by atoms with Crippen LogP contribution in [-0.4, -0.2) is 12.1 Å². The van der Waals surface area contributed by atoms with Crippen LogP contribution in [-0.2, 0) is 9.59 Å². The summed E-state index contributed by atoms with van der Waals surface area (Å²) in [6.07, 6.45) is 4.85. The fourth-order valence-electron chi connectivity index (χ4n) is 1.33. The van der Waals surface area contributed by atoms with Crippen LogP contribution in [0.15, 0.2) is 11.6 Å². The number of carbonyl (C=O) groups excluding carboxylic acids is 2. The largest absolute Gasteiger partial charge is 0.303 e. The molecule has 0 aliphatic heterocycles. The molecule has 1 aliphatic carbocycles. The Bertz CT molecular complexity index is 204. The second-order valence-corrected chi connectivity index (χ2v) is 2.94. The SMILES string of the molecule is CC1CCC=C(CC=O)C1=O. The first-order chi connectivity index (χ1) is 5.25. The Labute approximate surface area is 66.3 Å². The number of hydrogen-bond acceptors (Lipinski definition) is 2. The lowest BCUT2D eigenvalue weighted by atomic mass is 9.88. The van der Waals surface area contributed by atoms with Gasteiger partial charge in [-0.05, 0) is 18.4 Å². The molecule has 0 amide bonds. The highest BCUT2D eigenvalue weighted by Gasteiger charge is 2.20. The van der Waals surface area contributed by atoms with Crippen molar-refractivity contribution in [2.75, 3.05) is 0 Å². The third kappa shape index (κ3) is 1.76. The van der Waals surface area contributed by atoms with Gasteiger partial charge in [-0.2, -0.15) is 0 Å². The third-order valence-corrected chi connectivity index (χ3v) is 2.06. The molecule has 1 rings (SSSR count). The van der Waals surface area contributed by atoms with Crippen LogP contribution < -0.4 is 0 Å². The monoisotopic (exact) mass is 152 g/mol. The summed E-state index contributed by atoms with van der Waals surface area (Å²) in [4.78, 5) is 21.4. The highest BCUT2D eigenvalue weighted by atomic mass is 16.1. The molecule has 0 spiro atoms. The van der Waals surface area contributed by atoms with Gasteiger partial charge in [0, 0.05) is 12.3 Å². The third-order valence-electron chi connectivity index (χ3n) is 2.06.